The summed E-state index contributed by atoms with van der Waals surface area (Å²) in [5.41, 5.74) is 0.660. The van der Waals surface area contributed by atoms with Crippen molar-refractivity contribution in [3.63, 3.8) is 0 Å². The van der Waals surface area contributed by atoms with Crippen molar-refractivity contribution in [2.75, 3.05) is 13.1 Å². The van der Waals surface area contributed by atoms with Crippen molar-refractivity contribution in [3.8, 4) is 6.07 Å². The van der Waals surface area contributed by atoms with Gasteiger partial charge in [0.2, 0.25) is 11.8 Å². The molecular weight excluding hydrogens is 398 g/mol. The number of halogens is 1. The van der Waals surface area contributed by atoms with Gasteiger partial charge in [-0.25, -0.2) is 0 Å². The molecule has 1 aromatic heterocycles. The number of allylic oxidation sites excluding steroid dienone is 3. The molecule has 0 aliphatic carbocycles. The van der Waals surface area contributed by atoms with Crippen LogP contribution in [0.25, 0.3) is 0 Å². The zero-order valence-corrected chi connectivity index (χ0v) is 17.1. The van der Waals surface area contributed by atoms with Gasteiger partial charge in [-0.15, -0.1) is 11.3 Å². The molecule has 2 heterocycles. The first kappa shape index (κ1) is 21.9. The van der Waals surface area contributed by atoms with Crippen LogP contribution in [0.4, 0.5) is 0 Å². The quantitative estimate of drug-likeness (QED) is 0.664. The third-order valence-electron chi connectivity index (χ3n) is 4.24. The summed E-state index contributed by atoms with van der Waals surface area (Å²) in [6.07, 6.45) is 4.67. The maximum absolute atomic E-state index is 12.6. The molecule has 2 N–H and O–H groups in total. The highest BCUT2D eigenvalue weighted by Crippen LogP contribution is 2.22. The fourth-order valence-corrected chi connectivity index (χ4v) is 3.65. The number of nitrogens with one attached hydrogen (secondary N) is 1. The molecule has 6 nitrogen and oxygen atoms in total. The zero-order chi connectivity index (χ0) is 20.7. The molecule has 148 valence electrons. The minimum Gasteiger partial charge on any atom is -0.391 e. The van der Waals surface area contributed by atoms with E-state index in [1.807, 2.05) is 13.0 Å². The Balaban J connectivity index is 1.95. The molecule has 0 aromatic carbocycles. The van der Waals surface area contributed by atoms with Crippen LogP contribution < -0.4 is 5.32 Å². The topological polar surface area (TPSA) is 93.4 Å². The lowest BCUT2D eigenvalue weighted by molar-refractivity contribution is -0.137. The number of β-amino-alcohol motifs (C(OH)–C–C–N with tert-alkyl or cyclic N) is 1. The molecule has 28 heavy (non-hydrogen) atoms. The molecule has 0 saturated carbocycles. The molecule has 1 aliphatic heterocycles. The number of likely N-dealkylation sites (tertiary alicyclic amines) is 1. The number of carbonyl (C=O) groups is 2. The van der Waals surface area contributed by atoms with Crippen molar-refractivity contribution in [1.29, 1.82) is 5.26 Å². The number of aliphatic hydroxyl groups excluding tert-OH is 1. The van der Waals surface area contributed by atoms with Crippen LogP contribution in [0.3, 0.4) is 0 Å². The van der Waals surface area contributed by atoms with Crippen molar-refractivity contribution >= 4 is 34.8 Å². The number of nitriles is 1. The lowest BCUT2D eigenvalue weighted by Gasteiger charge is -2.23. The van der Waals surface area contributed by atoms with Crippen LogP contribution in [0.1, 0.15) is 23.1 Å². The van der Waals surface area contributed by atoms with Crippen LogP contribution in [0.5, 0.6) is 0 Å². The first-order chi connectivity index (χ1) is 13.3. The van der Waals surface area contributed by atoms with Gasteiger partial charge in [0.05, 0.1) is 12.5 Å². The lowest BCUT2D eigenvalue weighted by atomic mass is 10.1. The van der Waals surface area contributed by atoms with Crippen molar-refractivity contribution in [2.45, 2.75) is 31.9 Å². The molecular formula is C20H22ClN3O3S. The normalized spacial score (nSPS) is 19.6. The smallest absolute Gasteiger partial charge is 0.243 e. The highest BCUT2D eigenvalue weighted by atomic mass is 35.5. The molecule has 8 heteroatoms. The molecule has 0 spiro atoms. The van der Waals surface area contributed by atoms with Gasteiger partial charge in [0, 0.05) is 29.4 Å². The van der Waals surface area contributed by atoms with Crippen LogP contribution in [-0.4, -0.2) is 47.1 Å². The standard InChI is InChI=1S/C20H22ClN3O3S/c1-3-14(21)5-4-13(2)11-23-20(27)18-8-15(25)12-24(18)19(26)9-16-6-7-17(10-22)28-16/h3-7,15,18,25H,2,8-9,11-12H2,1H3,(H,23,27)/b5-4-,14-3+/t15-,18+/m1/s1. The molecule has 1 aliphatic rings. The Labute approximate surface area is 173 Å². The van der Waals surface area contributed by atoms with Gasteiger partial charge < -0.3 is 15.3 Å². The number of nitrogens with zero attached hydrogens (tertiary/aromatic N) is 2. The first-order valence-corrected chi connectivity index (χ1v) is 9.95. The predicted octanol–water partition coefficient (Wildman–Crippen LogP) is 2.50. The van der Waals surface area contributed by atoms with E-state index in [1.54, 1.807) is 30.4 Å². The Hall–Kier alpha value is -2.40. The predicted molar refractivity (Wildman–Crippen MR) is 110 cm³/mol. The van der Waals surface area contributed by atoms with Gasteiger partial charge in [-0.2, -0.15) is 5.26 Å². The summed E-state index contributed by atoms with van der Waals surface area (Å²) >= 11 is 7.13. The first-order valence-electron chi connectivity index (χ1n) is 8.75. The van der Waals surface area contributed by atoms with E-state index in [-0.39, 0.29) is 37.7 Å². The SMILES string of the molecule is C=C(/C=C\C(Cl)=C/C)CNC(=O)[C@@H]1C[C@@H](O)CN1C(=O)Cc1ccc(C#N)s1. The molecule has 1 saturated heterocycles. The zero-order valence-electron chi connectivity index (χ0n) is 15.5. The van der Waals surface area contributed by atoms with E-state index < -0.39 is 12.1 Å². The van der Waals surface area contributed by atoms with Crippen molar-refractivity contribution in [2.24, 2.45) is 0 Å². The molecule has 1 fully saturated rings. The molecule has 0 bridgehead atoms. The highest BCUT2D eigenvalue weighted by Gasteiger charge is 2.38. The van der Waals surface area contributed by atoms with Crippen molar-refractivity contribution < 1.29 is 14.7 Å². The van der Waals surface area contributed by atoms with Crippen LogP contribution in [0.15, 0.2) is 47.5 Å². The molecule has 2 amide bonds. The summed E-state index contributed by atoms with van der Waals surface area (Å²) < 4.78 is 0. The number of rotatable bonds is 7. The molecule has 1 aromatic rings. The van der Waals surface area contributed by atoms with E-state index in [9.17, 15) is 14.7 Å². The second-order valence-electron chi connectivity index (χ2n) is 6.39. The Morgan fingerprint density at radius 3 is 2.89 bits per heavy atom. The second kappa shape index (κ2) is 10.2. The monoisotopic (exact) mass is 419 g/mol. The summed E-state index contributed by atoms with van der Waals surface area (Å²) in [4.78, 5) is 27.9. The number of hydrogen-bond acceptors (Lipinski definition) is 5. The number of carbonyl (C=O) groups excluding carboxylic acids is 2. The third kappa shape index (κ3) is 6.06. The largest absolute Gasteiger partial charge is 0.391 e. The van der Waals surface area contributed by atoms with Crippen molar-refractivity contribution in [3.05, 3.63) is 57.3 Å². The maximum atomic E-state index is 12.6. The van der Waals surface area contributed by atoms with Crippen LogP contribution in [0.2, 0.25) is 0 Å². The van der Waals surface area contributed by atoms with Gasteiger partial charge in [-0.1, -0.05) is 30.3 Å². The second-order valence-corrected chi connectivity index (χ2v) is 7.99. The molecule has 0 radical (unpaired) electrons. The minimum atomic E-state index is -0.741. The molecule has 0 unspecified atom stereocenters. The van der Waals surface area contributed by atoms with Gasteiger partial charge in [0.1, 0.15) is 17.0 Å². The van der Waals surface area contributed by atoms with E-state index in [0.717, 1.165) is 4.88 Å². The Bertz CT molecular complexity index is 853. The van der Waals surface area contributed by atoms with E-state index in [0.29, 0.717) is 15.5 Å². The average molecular weight is 420 g/mol. The van der Waals surface area contributed by atoms with Crippen LogP contribution in [0, 0.1) is 11.3 Å². The Morgan fingerprint density at radius 2 is 2.25 bits per heavy atom. The van der Waals surface area contributed by atoms with Gasteiger partial charge in [-0.3, -0.25) is 9.59 Å². The van der Waals surface area contributed by atoms with Gasteiger partial charge in [0.15, 0.2) is 0 Å². The van der Waals surface area contributed by atoms with E-state index in [2.05, 4.69) is 11.9 Å². The third-order valence-corrected chi connectivity index (χ3v) is 5.58. The number of hydrogen-bond donors (Lipinski definition) is 2. The summed E-state index contributed by atoms with van der Waals surface area (Å²) in [5.74, 6) is -0.581. The highest BCUT2D eigenvalue weighted by molar-refractivity contribution is 7.12. The van der Waals surface area contributed by atoms with Gasteiger partial charge in [0.25, 0.3) is 0 Å². The van der Waals surface area contributed by atoms with E-state index >= 15 is 0 Å². The summed E-state index contributed by atoms with van der Waals surface area (Å²) in [7, 11) is 0. The summed E-state index contributed by atoms with van der Waals surface area (Å²) in [6.45, 7) is 6.00. The summed E-state index contributed by atoms with van der Waals surface area (Å²) in [6, 6.07) is 4.70. The van der Waals surface area contributed by atoms with E-state index in [1.165, 1.54) is 16.2 Å². The average Bonchev–Trinajstić information content (AvgIpc) is 3.30. The fourth-order valence-electron chi connectivity index (χ4n) is 2.79. The van der Waals surface area contributed by atoms with Gasteiger partial charge >= 0.3 is 0 Å². The number of amides is 2. The number of aliphatic hydroxyl groups is 1. The van der Waals surface area contributed by atoms with Gasteiger partial charge in [-0.05, 0) is 30.7 Å². The Kier molecular flexibility index (Phi) is 8.00. The maximum Gasteiger partial charge on any atom is 0.243 e. The number of thiophene rings is 1. The van der Waals surface area contributed by atoms with E-state index in [4.69, 9.17) is 16.9 Å². The molecule has 2 rings (SSSR count). The fraction of sp³-hybridized carbons (Fsp3) is 0.350. The van der Waals surface area contributed by atoms with Crippen LogP contribution in [-0.2, 0) is 16.0 Å². The Morgan fingerprint density at radius 1 is 1.50 bits per heavy atom. The summed E-state index contributed by atoms with van der Waals surface area (Å²) in [5, 5.41) is 22.2. The van der Waals surface area contributed by atoms with Crippen molar-refractivity contribution in [1.82, 2.24) is 10.2 Å². The van der Waals surface area contributed by atoms with Crippen LogP contribution >= 0.6 is 22.9 Å². The lowest BCUT2D eigenvalue weighted by Crippen LogP contribution is -2.46. The molecule has 2 atom stereocenters. The minimum absolute atomic E-state index is 0.0974.